The van der Waals surface area contributed by atoms with E-state index in [1.54, 1.807) is 0 Å². The Morgan fingerprint density at radius 1 is 1.88 bits per heavy atom. The summed E-state index contributed by atoms with van der Waals surface area (Å²) in [5, 5.41) is 0. The topological polar surface area (TPSA) is 52.3 Å². The maximum Gasteiger partial charge on any atom is 0.306 e. The standard InChI is InChI=1S/C5H9NO2/c6-3-4-1-2-5(7)8-4/h4H,1-3,6H2. The zero-order chi connectivity index (χ0) is 5.98. The van der Waals surface area contributed by atoms with Crippen molar-refractivity contribution >= 4 is 5.97 Å². The molecule has 1 saturated heterocycles. The van der Waals surface area contributed by atoms with Crippen molar-refractivity contribution in [2.75, 3.05) is 6.54 Å². The second-order valence-corrected chi connectivity index (χ2v) is 1.89. The SMILES string of the molecule is NCC1CCC(=O)O1. The first-order chi connectivity index (χ1) is 3.83. The second kappa shape index (κ2) is 2.13. The third-order valence-corrected chi connectivity index (χ3v) is 1.23. The maximum absolute atomic E-state index is 10.3. The molecule has 0 saturated carbocycles. The lowest BCUT2D eigenvalue weighted by molar-refractivity contribution is -0.141. The Hall–Kier alpha value is -0.570. The largest absolute Gasteiger partial charge is 0.461 e. The average molecular weight is 115 g/mol. The van der Waals surface area contributed by atoms with Crippen molar-refractivity contribution in [3.05, 3.63) is 0 Å². The van der Waals surface area contributed by atoms with Gasteiger partial charge in [-0.1, -0.05) is 0 Å². The Kier molecular flexibility index (Phi) is 1.48. The summed E-state index contributed by atoms with van der Waals surface area (Å²) in [5.74, 6) is -0.111. The van der Waals surface area contributed by atoms with Gasteiger partial charge in [0.25, 0.3) is 0 Å². The van der Waals surface area contributed by atoms with Gasteiger partial charge in [0, 0.05) is 13.0 Å². The molecule has 2 N–H and O–H groups in total. The van der Waals surface area contributed by atoms with Crippen LogP contribution in [0.4, 0.5) is 0 Å². The van der Waals surface area contributed by atoms with Gasteiger partial charge in [-0.25, -0.2) is 0 Å². The van der Waals surface area contributed by atoms with E-state index in [0.717, 1.165) is 6.42 Å². The third-order valence-electron chi connectivity index (χ3n) is 1.23. The first-order valence-corrected chi connectivity index (χ1v) is 2.72. The van der Waals surface area contributed by atoms with Gasteiger partial charge in [-0.15, -0.1) is 0 Å². The van der Waals surface area contributed by atoms with E-state index in [1.807, 2.05) is 0 Å². The number of ether oxygens (including phenoxy) is 1. The van der Waals surface area contributed by atoms with Crippen LogP contribution in [0.1, 0.15) is 12.8 Å². The van der Waals surface area contributed by atoms with Crippen LogP contribution < -0.4 is 5.73 Å². The molecule has 0 bridgehead atoms. The summed E-state index contributed by atoms with van der Waals surface area (Å²) in [5.41, 5.74) is 5.22. The molecule has 3 heteroatoms. The Bertz CT molecular complexity index is 103. The van der Waals surface area contributed by atoms with Crippen molar-refractivity contribution in [3.8, 4) is 0 Å². The number of nitrogens with two attached hydrogens (primary N) is 1. The number of carbonyl (C=O) groups excluding carboxylic acids is 1. The molecule has 0 aromatic carbocycles. The van der Waals surface area contributed by atoms with Gasteiger partial charge in [-0.3, -0.25) is 4.79 Å². The molecule has 3 nitrogen and oxygen atoms in total. The molecule has 1 heterocycles. The number of cyclic esters (lactones) is 1. The Morgan fingerprint density at radius 2 is 2.62 bits per heavy atom. The monoisotopic (exact) mass is 115 g/mol. The minimum atomic E-state index is -0.111. The molecule has 0 radical (unpaired) electrons. The van der Waals surface area contributed by atoms with Crippen LogP contribution in [0.25, 0.3) is 0 Å². The molecule has 1 rings (SSSR count). The second-order valence-electron chi connectivity index (χ2n) is 1.89. The van der Waals surface area contributed by atoms with Gasteiger partial charge in [0.15, 0.2) is 0 Å². The maximum atomic E-state index is 10.3. The van der Waals surface area contributed by atoms with E-state index in [9.17, 15) is 4.79 Å². The molecule has 1 atom stereocenters. The van der Waals surface area contributed by atoms with E-state index in [-0.39, 0.29) is 12.1 Å². The van der Waals surface area contributed by atoms with Gasteiger partial charge in [0.2, 0.25) is 0 Å². The van der Waals surface area contributed by atoms with Crippen LogP contribution in [0.2, 0.25) is 0 Å². The van der Waals surface area contributed by atoms with E-state index in [4.69, 9.17) is 10.5 Å². The molecule has 1 unspecified atom stereocenters. The van der Waals surface area contributed by atoms with E-state index in [0.29, 0.717) is 13.0 Å². The fourth-order valence-corrected chi connectivity index (χ4v) is 0.749. The Labute approximate surface area is 47.8 Å². The Morgan fingerprint density at radius 3 is 2.88 bits per heavy atom. The molecule has 46 valence electrons. The summed E-state index contributed by atoms with van der Waals surface area (Å²) < 4.78 is 4.75. The van der Waals surface area contributed by atoms with Crippen LogP contribution in [-0.2, 0) is 9.53 Å². The molecular weight excluding hydrogens is 106 g/mol. The molecule has 0 spiro atoms. The summed E-state index contributed by atoms with van der Waals surface area (Å²) in [6.45, 7) is 0.464. The molecule has 1 aliphatic rings. The van der Waals surface area contributed by atoms with Crippen molar-refractivity contribution in [2.24, 2.45) is 5.73 Å². The highest BCUT2D eigenvalue weighted by atomic mass is 16.5. The predicted molar refractivity (Wildman–Crippen MR) is 28.2 cm³/mol. The number of hydrogen-bond donors (Lipinski definition) is 1. The molecule has 0 aromatic rings. The van der Waals surface area contributed by atoms with Crippen LogP contribution in [0.5, 0.6) is 0 Å². The lowest BCUT2D eigenvalue weighted by Gasteiger charge is -2.01. The minimum Gasteiger partial charge on any atom is -0.461 e. The van der Waals surface area contributed by atoms with Crippen molar-refractivity contribution in [3.63, 3.8) is 0 Å². The quantitative estimate of drug-likeness (QED) is 0.475. The molecule has 0 aromatic heterocycles. The minimum absolute atomic E-state index is 0.00231. The smallest absolute Gasteiger partial charge is 0.306 e. The molecule has 1 aliphatic heterocycles. The molecular formula is C5H9NO2. The number of esters is 1. The zero-order valence-electron chi connectivity index (χ0n) is 4.59. The fraction of sp³-hybridized carbons (Fsp3) is 0.800. The molecule has 1 fully saturated rings. The molecule has 0 amide bonds. The van der Waals surface area contributed by atoms with Gasteiger partial charge in [0.1, 0.15) is 6.10 Å². The van der Waals surface area contributed by atoms with Crippen molar-refractivity contribution in [1.29, 1.82) is 0 Å². The van der Waals surface area contributed by atoms with Gasteiger partial charge in [-0.2, -0.15) is 0 Å². The van der Waals surface area contributed by atoms with Crippen molar-refractivity contribution in [2.45, 2.75) is 18.9 Å². The number of hydrogen-bond acceptors (Lipinski definition) is 3. The summed E-state index contributed by atoms with van der Waals surface area (Å²) in [6, 6.07) is 0. The third kappa shape index (κ3) is 0.980. The van der Waals surface area contributed by atoms with Crippen LogP contribution >= 0.6 is 0 Å². The predicted octanol–water partition coefficient (Wildman–Crippen LogP) is -0.349. The first kappa shape index (κ1) is 5.56. The van der Waals surface area contributed by atoms with Gasteiger partial charge >= 0.3 is 5.97 Å². The summed E-state index contributed by atoms with van der Waals surface area (Å²) >= 11 is 0. The highest BCUT2D eigenvalue weighted by Gasteiger charge is 2.20. The van der Waals surface area contributed by atoms with Crippen LogP contribution in [0.3, 0.4) is 0 Å². The van der Waals surface area contributed by atoms with Crippen LogP contribution in [-0.4, -0.2) is 18.6 Å². The van der Waals surface area contributed by atoms with Gasteiger partial charge in [-0.05, 0) is 6.42 Å². The van der Waals surface area contributed by atoms with Gasteiger partial charge in [0.05, 0.1) is 0 Å². The van der Waals surface area contributed by atoms with Crippen LogP contribution in [0, 0.1) is 0 Å². The van der Waals surface area contributed by atoms with Crippen molar-refractivity contribution in [1.82, 2.24) is 0 Å². The van der Waals surface area contributed by atoms with E-state index in [1.165, 1.54) is 0 Å². The van der Waals surface area contributed by atoms with E-state index >= 15 is 0 Å². The lowest BCUT2D eigenvalue weighted by Crippen LogP contribution is -2.18. The van der Waals surface area contributed by atoms with Gasteiger partial charge < -0.3 is 10.5 Å². The highest BCUT2D eigenvalue weighted by Crippen LogP contribution is 2.11. The number of carbonyl (C=O) groups is 1. The normalized spacial score (nSPS) is 28.1. The van der Waals surface area contributed by atoms with Crippen molar-refractivity contribution < 1.29 is 9.53 Å². The number of rotatable bonds is 1. The fourth-order valence-electron chi connectivity index (χ4n) is 0.749. The molecule has 8 heavy (non-hydrogen) atoms. The van der Waals surface area contributed by atoms with Crippen LogP contribution in [0.15, 0.2) is 0 Å². The summed E-state index contributed by atoms with van der Waals surface area (Å²) in [4.78, 5) is 10.3. The Balaban J connectivity index is 2.32. The first-order valence-electron chi connectivity index (χ1n) is 2.72. The average Bonchev–Trinajstić information content (AvgIpc) is 2.14. The summed E-state index contributed by atoms with van der Waals surface area (Å²) in [7, 11) is 0. The van der Waals surface area contributed by atoms with E-state index < -0.39 is 0 Å². The van der Waals surface area contributed by atoms with E-state index in [2.05, 4.69) is 0 Å². The highest BCUT2D eigenvalue weighted by molar-refractivity contribution is 5.71. The summed E-state index contributed by atoms with van der Waals surface area (Å²) in [6.07, 6.45) is 1.35. The zero-order valence-corrected chi connectivity index (χ0v) is 4.59. The lowest BCUT2D eigenvalue weighted by atomic mass is 10.2. The molecule has 0 aliphatic carbocycles.